The number of hydrogen-bond acceptors (Lipinski definition) is 5. The van der Waals surface area contributed by atoms with Crippen LogP contribution in [0.15, 0.2) is 41.3 Å². The summed E-state index contributed by atoms with van der Waals surface area (Å²) in [6, 6.07) is 7.25. The van der Waals surface area contributed by atoms with Crippen LogP contribution in [-0.2, 0) is 10.1 Å². The fourth-order valence-electron chi connectivity index (χ4n) is 1.55. The molecule has 0 atom stereocenters. The average Bonchev–Trinajstić information content (AvgIpc) is 2.40. The second-order valence-corrected chi connectivity index (χ2v) is 6.66. The van der Waals surface area contributed by atoms with Crippen LogP contribution in [0.25, 0.3) is 0 Å². The summed E-state index contributed by atoms with van der Waals surface area (Å²) in [6.07, 6.45) is 0. The van der Waals surface area contributed by atoms with Gasteiger partial charge in [0.1, 0.15) is 4.90 Å². The summed E-state index contributed by atoms with van der Waals surface area (Å²) in [7, 11) is -4.35. The Labute approximate surface area is 140 Å². The van der Waals surface area contributed by atoms with E-state index in [1.807, 2.05) is 0 Å². The minimum Gasteiger partial charge on any atom is -0.377 e. The number of nitro benzene ring substituents is 1. The zero-order chi connectivity index (χ0) is 16.5. The first-order valence-corrected chi connectivity index (χ1v) is 8.09. The average molecular weight is 383 g/mol. The minimum atomic E-state index is -4.35. The highest BCUT2D eigenvalue weighted by Gasteiger charge is 2.25. The van der Waals surface area contributed by atoms with E-state index in [0.717, 1.165) is 18.2 Å². The van der Waals surface area contributed by atoms with Gasteiger partial charge in [0, 0.05) is 12.1 Å². The van der Waals surface area contributed by atoms with Crippen LogP contribution in [0, 0.1) is 10.1 Å². The van der Waals surface area contributed by atoms with Crippen molar-refractivity contribution in [2.24, 2.45) is 0 Å². The molecule has 0 aliphatic carbocycles. The molecule has 0 fully saturated rings. The van der Waals surface area contributed by atoms with Crippen molar-refractivity contribution >= 4 is 50.6 Å². The van der Waals surface area contributed by atoms with Crippen LogP contribution in [0.3, 0.4) is 0 Å². The van der Waals surface area contributed by atoms with Gasteiger partial charge in [-0.15, -0.1) is 0 Å². The number of nitro groups is 1. The topological polar surface area (TPSA) is 86.5 Å². The van der Waals surface area contributed by atoms with Gasteiger partial charge in [0.05, 0.1) is 20.0 Å². The van der Waals surface area contributed by atoms with Crippen LogP contribution < -0.4 is 4.18 Å². The first kappa shape index (κ1) is 16.8. The maximum atomic E-state index is 12.2. The quantitative estimate of drug-likeness (QED) is 0.446. The normalized spacial score (nSPS) is 11.2. The predicted molar refractivity (Wildman–Crippen MR) is 82.4 cm³/mol. The van der Waals surface area contributed by atoms with E-state index < -0.39 is 19.9 Å². The van der Waals surface area contributed by atoms with Gasteiger partial charge in [-0.25, -0.2) is 0 Å². The maximum absolute atomic E-state index is 12.2. The van der Waals surface area contributed by atoms with Gasteiger partial charge in [0.2, 0.25) is 0 Å². The summed E-state index contributed by atoms with van der Waals surface area (Å²) < 4.78 is 29.3. The van der Waals surface area contributed by atoms with Crippen molar-refractivity contribution < 1.29 is 17.5 Å². The molecule has 0 spiro atoms. The monoisotopic (exact) mass is 381 g/mol. The maximum Gasteiger partial charge on any atom is 0.342 e. The second kappa shape index (κ2) is 6.29. The fourth-order valence-corrected chi connectivity index (χ4v) is 3.85. The molecule has 2 aromatic carbocycles. The summed E-state index contributed by atoms with van der Waals surface area (Å²) in [4.78, 5) is 9.53. The molecule has 0 amide bonds. The van der Waals surface area contributed by atoms with Crippen LogP contribution in [0.1, 0.15) is 0 Å². The summed E-state index contributed by atoms with van der Waals surface area (Å²) in [6.45, 7) is 0. The third-order valence-corrected chi connectivity index (χ3v) is 4.98. The first-order valence-electron chi connectivity index (χ1n) is 5.55. The van der Waals surface area contributed by atoms with Gasteiger partial charge in [-0.05, 0) is 18.2 Å². The van der Waals surface area contributed by atoms with Gasteiger partial charge in [0.15, 0.2) is 5.75 Å². The largest absolute Gasteiger partial charge is 0.377 e. The number of non-ortho nitro benzene ring substituents is 1. The highest BCUT2D eigenvalue weighted by molar-refractivity contribution is 7.87. The van der Waals surface area contributed by atoms with Crippen molar-refractivity contribution in [1.82, 2.24) is 0 Å². The summed E-state index contributed by atoms with van der Waals surface area (Å²) >= 11 is 17.4. The number of rotatable bonds is 4. The van der Waals surface area contributed by atoms with E-state index in [0.29, 0.717) is 0 Å². The van der Waals surface area contributed by atoms with Crippen LogP contribution in [0.4, 0.5) is 5.69 Å². The van der Waals surface area contributed by atoms with Gasteiger partial charge in [0.25, 0.3) is 5.69 Å². The molecule has 0 aliphatic rings. The zero-order valence-electron chi connectivity index (χ0n) is 10.5. The molecule has 0 unspecified atom stereocenters. The van der Waals surface area contributed by atoms with Gasteiger partial charge < -0.3 is 4.18 Å². The van der Waals surface area contributed by atoms with E-state index in [2.05, 4.69) is 0 Å². The Morgan fingerprint density at radius 1 is 1.00 bits per heavy atom. The Bertz CT molecular complexity index is 834. The minimum absolute atomic E-state index is 0.120. The van der Waals surface area contributed by atoms with Gasteiger partial charge >= 0.3 is 10.1 Å². The molecule has 0 aromatic heterocycles. The van der Waals surface area contributed by atoms with Crippen LogP contribution in [0.2, 0.25) is 15.1 Å². The van der Waals surface area contributed by atoms with Crippen LogP contribution in [0.5, 0.6) is 5.75 Å². The SMILES string of the molecule is O=[N+]([O-])c1ccc(OS(=O)(=O)c2c(Cl)cccc2Cl)c(Cl)c1. The molecule has 6 nitrogen and oxygen atoms in total. The molecule has 0 heterocycles. The standard InChI is InChI=1S/C12H6Cl3NO5S/c13-8-2-1-3-9(14)12(8)22(19,20)21-11-5-4-7(16(17)18)6-10(11)15/h1-6H. The molecule has 2 aromatic rings. The van der Waals surface area contributed by atoms with Crippen molar-refractivity contribution in [2.75, 3.05) is 0 Å². The lowest BCUT2D eigenvalue weighted by Gasteiger charge is -2.10. The molecule has 0 radical (unpaired) electrons. The van der Waals surface area contributed by atoms with Crippen LogP contribution in [-0.4, -0.2) is 13.3 Å². The van der Waals surface area contributed by atoms with E-state index in [1.54, 1.807) is 0 Å². The summed E-state index contributed by atoms with van der Waals surface area (Å²) in [5.74, 6) is -0.275. The fraction of sp³-hybridized carbons (Fsp3) is 0. The summed E-state index contributed by atoms with van der Waals surface area (Å²) in [5, 5.41) is 10.1. The molecular formula is C12H6Cl3NO5S. The van der Waals surface area contributed by atoms with E-state index in [4.69, 9.17) is 39.0 Å². The summed E-state index contributed by atoms with van der Waals surface area (Å²) in [5.41, 5.74) is -0.300. The van der Waals surface area contributed by atoms with Gasteiger partial charge in [-0.2, -0.15) is 8.42 Å². The zero-order valence-corrected chi connectivity index (χ0v) is 13.6. The van der Waals surface area contributed by atoms with Gasteiger partial charge in [-0.3, -0.25) is 10.1 Å². The molecule has 10 heteroatoms. The van der Waals surface area contributed by atoms with E-state index in [-0.39, 0.29) is 26.5 Å². The van der Waals surface area contributed by atoms with E-state index >= 15 is 0 Å². The molecule has 0 aliphatic heterocycles. The second-order valence-electron chi connectivity index (χ2n) is 3.96. The first-order chi connectivity index (χ1) is 10.2. The van der Waals surface area contributed by atoms with Crippen LogP contribution >= 0.6 is 34.8 Å². The molecule has 22 heavy (non-hydrogen) atoms. The van der Waals surface area contributed by atoms with Crippen molar-refractivity contribution in [3.63, 3.8) is 0 Å². The highest BCUT2D eigenvalue weighted by Crippen LogP contribution is 2.34. The lowest BCUT2D eigenvalue weighted by Crippen LogP contribution is -2.11. The molecular weight excluding hydrogens is 377 g/mol. The smallest absolute Gasteiger partial charge is 0.342 e. The molecule has 0 saturated carbocycles. The van der Waals surface area contributed by atoms with E-state index in [1.165, 1.54) is 18.2 Å². The number of benzene rings is 2. The number of nitrogens with zero attached hydrogens (tertiary/aromatic N) is 1. The molecule has 116 valence electrons. The van der Waals surface area contributed by atoms with Crippen molar-refractivity contribution in [1.29, 1.82) is 0 Å². The highest BCUT2D eigenvalue weighted by atomic mass is 35.5. The van der Waals surface area contributed by atoms with Crippen molar-refractivity contribution in [2.45, 2.75) is 4.90 Å². The Morgan fingerprint density at radius 3 is 2.09 bits per heavy atom. The third kappa shape index (κ3) is 3.44. The lowest BCUT2D eigenvalue weighted by atomic mass is 10.3. The molecule has 0 saturated heterocycles. The Morgan fingerprint density at radius 2 is 1.59 bits per heavy atom. The number of hydrogen-bond donors (Lipinski definition) is 0. The Kier molecular flexibility index (Phi) is 4.81. The number of halogens is 3. The predicted octanol–water partition coefficient (Wildman–Crippen LogP) is 4.32. The van der Waals surface area contributed by atoms with Crippen molar-refractivity contribution in [3.05, 3.63) is 61.6 Å². The van der Waals surface area contributed by atoms with E-state index in [9.17, 15) is 18.5 Å². The lowest BCUT2D eigenvalue weighted by molar-refractivity contribution is -0.384. The van der Waals surface area contributed by atoms with Gasteiger partial charge in [-0.1, -0.05) is 40.9 Å². The van der Waals surface area contributed by atoms with Crippen molar-refractivity contribution in [3.8, 4) is 5.75 Å². The Hall–Kier alpha value is -1.54. The third-order valence-electron chi connectivity index (χ3n) is 2.49. The molecule has 0 bridgehead atoms. The Balaban J connectivity index is 2.44. The molecule has 2 rings (SSSR count). The molecule has 0 N–H and O–H groups in total.